The number of piperidine rings is 1. The van der Waals surface area contributed by atoms with Gasteiger partial charge in [0.25, 0.3) is 5.91 Å². The molecule has 0 unspecified atom stereocenters. The number of aromatic amines is 2. The molecule has 0 aliphatic carbocycles. The quantitative estimate of drug-likeness (QED) is 0.553. The number of carbonyl (C=O) groups is 1. The Kier molecular flexibility index (Phi) is 4.35. The molecule has 0 spiro atoms. The fourth-order valence-corrected chi connectivity index (χ4v) is 3.99. The standard InChI is InChI=1S/C22H20FN5O/c23-16-6-7-18-19(12-16)26-21(25-18)15-8-10-28(11-9-15)22(29)17-13-24-27-20(17)14-4-2-1-3-5-14/h1-7,12-13,15H,8-11H2,(H,24,27)(H,25,26). The van der Waals surface area contributed by atoms with Gasteiger partial charge in [-0.05, 0) is 31.0 Å². The molecule has 146 valence electrons. The van der Waals surface area contributed by atoms with E-state index in [4.69, 9.17) is 0 Å². The number of imidazole rings is 1. The third-order valence-electron chi connectivity index (χ3n) is 5.56. The summed E-state index contributed by atoms with van der Waals surface area (Å²) in [5.74, 6) is 0.809. The normalized spacial score (nSPS) is 15.1. The van der Waals surface area contributed by atoms with E-state index < -0.39 is 0 Å². The predicted octanol–water partition coefficient (Wildman–Crippen LogP) is 4.11. The second kappa shape index (κ2) is 7.16. The van der Waals surface area contributed by atoms with E-state index >= 15 is 0 Å². The molecule has 3 heterocycles. The molecule has 0 bridgehead atoms. The molecule has 5 rings (SSSR count). The van der Waals surface area contributed by atoms with Crippen molar-refractivity contribution in [3.8, 4) is 11.3 Å². The Morgan fingerprint density at radius 2 is 1.90 bits per heavy atom. The summed E-state index contributed by atoms with van der Waals surface area (Å²) in [7, 11) is 0. The highest BCUT2D eigenvalue weighted by molar-refractivity contribution is 5.99. The van der Waals surface area contributed by atoms with E-state index in [-0.39, 0.29) is 17.6 Å². The van der Waals surface area contributed by atoms with Gasteiger partial charge in [-0.3, -0.25) is 9.89 Å². The van der Waals surface area contributed by atoms with Crippen molar-refractivity contribution in [3.63, 3.8) is 0 Å². The topological polar surface area (TPSA) is 77.7 Å². The van der Waals surface area contributed by atoms with Crippen LogP contribution in [0.3, 0.4) is 0 Å². The zero-order valence-electron chi connectivity index (χ0n) is 15.7. The van der Waals surface area contributed by atoms with Gasteiger partial charge in [-0.2, -0.15) is 5.10 Å². The molecular weight excluding hydrogens is 369 g/mol. The number of H-pyrrole nitrogens is 2. The zero-order valence-corrected chi connectivity index (χ0v) is 15.7. The summed E-state index contributed by atoms with van der Waals surface area (Å²) >= 11 is 0. The van der Waals surface area contributed by atoms with Gasteiger partial charge in [-0.25, -0.2) is 9.37 Å². The van der Waals surface area contributed by atoms with Gasteiger partial charge in [0.15, 0.2) is 0 Å². The molecule has 7 heteroatoms. The first-order chi connectivity index (χ1) is 14.2. The molecule has 0 radical (unpaired) electrons. The number of fused-ring (bicyclic) bond motifs is 1. The van der Waals surface area contributed by atoms with Gasteiger partial charge in [0.2, 0.25) is 0 Å². The summed E-state index contributed by atoms with van der Waals surface area (Å²) in [6.45, 7) is 1.29. The van der Waals surface area contributed by atoms with Gasteiger partial charge in [0, 0.05) is 24.6 Å². The number of likely N-dealkylation sites (tertiary alicyclic amines) is 1. The summed E-state index contributed by atoms with van der Waals surface area (Å²) < 4.78 is 13.4. The van der Waals surface area contributed by atoms with E-state index in [2.05, 4.69) is 20.2 Å². The Morgan fingerprint density at radius 3 is 2.69 bits per heavy atom. The summed E-state index contributed by atoms with van der Waals surface area (Å²) in [6.07, 6.45) is 3.23. The van der Waals surface area contributed by atoms with E-state index in [0.717, 1.165) is 35.4 Å². The Hall–Kier alpha value is -3.48. The van der Waals surface area contributed by atoms with Crippen molar-refractivity contribution in [1.82, 2.24) is 25.1 Å². The van der Waals surface area contributed by atoms with Crippen molar-refractivity contribution in [3.05, 3.63) is 71.9 Å². The minimum Gasteiger partial charge on any atom is -0.342 e. The molecule has 0 saturated carbocycles. The Bertz CT molecular complexity index is 1160. The third kappa shape index (κ3) is 3.29. The van der Waals surface area contributed by atoms with Crippen LogP contribution in [0.25, 0.3) is 22.3 Å². The molecule has 2 aromatic carbocycles. The Labute approximate surface area is 166 Å². The lowest BCUT2D eigenvalue weighted by Crippen LogP contribution is -2.38. The van der Waals surface area contributed by atoms with Crippen LogP contribution in [0.2, 0.25) is 0 Å². The average Bonchev–Trinajstić information content (AvgIpc) is 3.41. The van der Waals surface area contributed by atoms with Crippen LogP contribution >= 0.6 is 0 Å². The van der Waals surface area contributed by atoms with Crippen molar-refractivity contribution in [2.45, 2.75) is 18.8 Å². The average molecular weight is 389 g/mol. The second-order valence-electron chi connectivity index (χ2n) is 7.37. The molecule has 1 amide bonds. The minimum absolute atomic E-state index is 0.0114. The first-order valence-corrected chi connectivity index (χ1v) is 9.72. The molecule has 0 atom stereocenters. The van der Waals surface area contributed by atoms with Crippen LogP contribution < -0.4 is 0 Å². The maximum Gasteiger partial charge on any atom is 0.257 e. The number of nitrogens with one attached hydrogen (secondary N) is 2. The smallest absolute Gasteiger partial charge is 0.257 e. The van der Waals surface area contributed by atoms with Crippen LogP contribution in [-0.2, 0) is 0 Å². The van der Waals surface area contributed by atoms with Crippen LogP contribution in [0.5, 0.6) is 0 Å². The summed E-state index contributed by atoms with van der Waals surface area (Å²) in [4.78, 5) is 22.8. The van der Waals surface area contributed by atoms with Crippen molar-refractivity contribution in [2.24, 2.45) is 0 Å². The molecule has 29 heavy (non-hydrogen) atoms. The number of carbonyl (C=O) groups excluding carboxylic acids is 1. The van der Waals surface area contributed by atoms with Crippen LogP contribution in [0.1, 0.15) is 34.9 Å². The largest absolute Gasteiger partial charge is 0.342 e. The zero-order chi connectivity index (χ0) is 19.8. The van der Waals surface area contributed by atoms with E-state index in [0.29, 0.717) is 24.2 Å². The first kappa shape index (κ1) is 17.6. The second-order valence-corrected chi connectivity index (χ2v) is 7.37. The molecule has 1 saturated heterocycles. The summed E-state index contributed by atoms with van der Waals surface area (Å²) in [5, 5.41) is 7.04. The monoisotopic (exact) mass is 389 g/mol. The third-order valence-corrected chi connectivity index (χ3v) is 5.56. The molecule has 2 aromatic heterocycles. The van der Waals surface area contributed by atoms with Crippen LogP contribution in [0.4, 0.5) is 4.39 Å². The van der Waals surface area contributed by atoms with Gasteiger partial charge >= 0.3 is 0 Å². The highest BCUT2D eigenvalue weighted by atomic mass is 19.1. The van der Waals surface area contributed by atoms with Gasteiger partial charge in [0.05, 0.1) is 28.5 Å². The number of nitrogens with zero attached hydrogens (tertiary/aromatic N) is 3. The van der Waals surface area contributed by atoms with Crippen molar-refractivity contribution >= 4 is 16.9 Å². The maximum atomic E-state index is 13.4. The van der Waals surface area contributed by atoms with Crippen molar-refractivity contribution in [2.75, 3.05) is 13.1 Å². The van der Waals surface area contributed by atoms with Crippen molar-refractivity contribution < 1.29 is 9.18 Å². The lowest BCUT2D eigenvalue weighted by molar-refractivity contribution is 0.0712. The number of hydrogen-bond acceptors (Lipinski definition) is 3. The lowest BCUT2D eigenvalue weighted by Gasteiger charge is -2.31. The van der Waals surface area contributed by atoms with E-state index in [1.54, 1.807) is 12.3 Å². The molecular formula is C22H20FN5O. The fraction of sp³-hybridized carbons (Fsp3) is 0.227. The molecule has 1 fully saturated rings. The van der Waals surface area contributed by atoms with Crippen LogP contribution in [-0.4, -0.2) is 44.1 Å². The Morgan fingerprint density at radius 1 is 1.10 bits per heavy atom. The molecule has 4 aromatic rings. The molecule has 1 aliphatic rings. The van der Waals surface area contributed by atoms with Crippen LogP contribution in [0, 0.1) is 5.82 Å². The lowest BCUT2D eigenvalue weighted by atomic mass is 9.95. The number of hydrogen-bond donors (Lipinski definition) is 2. The fourth-order valence-electron chi connectivity index (χ4n) is 3.99. The number of benzene rings is 2. The molecule has 2 N–H and O–H groups in total. The summed E-state index contributed by atoms with van der Waals surface area (Å²) in [6, 6.07) is 14.3. The van der Waals surface area contributed by atoms with E-state index in [1.807, 2.05) is 35.2 Å². The summed E-state index contributed by atoms with van der Waals surface area (Å²) in [5.41, 5.74) is 3.76. The Balaban J connectivity index is 1.31. The number of amides is 1. The SMILES string of the molecule is O=C(c1cn[nH]c1-c1ccccc1)N1CCC(c2nc3ccc(F)cc3[nH]2)CC1. The maximum absolute atomic E-state index is 13.4. The number of halogens is 1. The van der Waals surface area contributed by atoms with Gasteiger partial charge in [-0.15, -0.1) is 0 Å². The number of rotatable bonds is 3. The van der Waals surface area contributed by atoms with E-state index in [9.17, 15) is 9.18 Å². The van der Waals surface area contributed by atoms with Gasteiger partial charge in [-0.1, -0.05) is 30.3 Å². The predicted molar refractivity (Wildman–Crippen MR) is 108 cm³/mol. The van der Waals surface area contributed by atoms with Crippen LogP contribution in [0.15, 0.2) is 54.7 Å². The van der Waals surface area contributed by atoms with Crippen molar-refractivity contribution in [1.29, 1.82) is 0 Å². The first-order valence-electron chi connectivity index (χ1n) is 9.72. The minimum atomic E-state index is -0.276. The highest BCUT2D eigenvalue weighted by Crippen LogP contribution is 2.30. The molecule has 6 nitrogen and oxygen atoms in total. The number of aromatic nitrogens is 4. The van der Waals surface area contributed by atoms with Gasteiger partial charge in [0.1, 0.15) is 11.6 Å². The highest BCUT2D eigenvalue weighted by Gasteiger charge is 2.28. The molecule has 1 aliphatic heterocycles. The van der Waals surface area contributed by atoms with E-state index in [1.165, 1.54) is 12.1 Å². The van der Waals surface area contributed by atoms with Gasteiger partial charge < -0.3 is 9.88 Å².